The number of nitro groups is 1. The first-order chi connectivity index (χ1) is 14.9. The maximum absolute atomic E-state index is 12.4. The lowest BCUT2D eigenvalue weighted by molar-refractivity contribution is -0.384. The molecule has 3 rings (SSSR count). The van der Waals surface area contributed by atoms with Gasteiger partial charge in [0.2, 0.25) is 0 Å². The second-order valence-electron chi connectivity index (χ2n) is 6.44. The van der Waals surface area contributed by atoms with E-state index in [0.29, 0.717) is 27.1 Å². The molecule has 158 valence electrons. The van der Waals surface area contributed by atoms with Gasteiger partial charge in [0, 0.05) is 23.3 Å². The molecule has 0 heterocycles. The molecule has 31 heavy (non-hydrogen) atoms. The van der Waals surface area contributed by atoms with Crippen molar-refractivity contribution >= 4 is 40.7 Å². The van der Waals surface area contributed by atoms with Crippen LogP contribution >= 0.6 is 23.2 Å². The fourth-order valence-corrected chi connectivity index (χ4v) is 3.06. The summed E-state index contributed by atoms with van der Waals surface area (Å²) in [5.41, 5.74) is 1.95. The number of methoxy groups -OCH3 is 1. The molecule has 3 aromatic carbocycles. The number of carbonyl (C=O) groups excluding carboxylic acids is 1. The largest absolute Gasteiger partial charge is 0.496 e. The fourth-order valence-electron chi connectivity index (χ4n) is 2.76. The number of benzene rings is 3. The summed E-state index contributed by atoms with van der Waals surface area (Å²) in [5.74, 6) is 0.899. The van der Waals surface area contributed by atoms with E-state index < -0.39 is 4.92 Å². The second kappa shape index (κ2) is 10.1. The maximum atomic E-state index is 12.4. The Balaban J connectivity index is 1.73. The average Bonchev–Trinajstić information content (AvgIpc) is 2.78. The third kappa shape index (κ3) is 5.84. The summed E-state index contributed by atoms with van der Waals surface area (Å²) in [7, 11) is 1.55. The number of non-ortho nitro benzene ring substituents is 1. The van der Waals surface area contributed by atoms with Gasteiger partial charge >= 0.3 is 0 Å². The minimum atomic E-state index is -0.470. The predicted molar refractivity (Wildman–Crippen MR) is 120 cm³/mol. The van der Waals surface area contributed by atoms with Crippen LogP contribution in [0.2, 0.25) is 10.0 Å². The van der Waals surface area contributed by atoms with Gasteiger partial charge in [0.1, 0.15) is 18.1 Å². The Morgan fingerprint density at radius 3 is 2.42 bits per heavy atom. The molecule has 3 aromatic rings. The molecule has 0 saturated carbocycles. The minimum Gasteiger partial charge on any atom is -0.496 e. The second-order valence-corrected chi connectivity index (χ2v) is 7.25. The number of nitrogens with zero attached hydrogens (tertiary/aromatic N) is 1. The molecule has 0 aliphatic rings. The lowest BCUT2D eigenvalue weighted by Gasteiger charge is -2.11. The molecule has 0 bridgehead atoms. The smallest absolute Gasteiger partial charge is 0.269 e. The van der Waals surface area contributed by atoms with Crippen molar-refractivity contribution in [3.63, 3.8) is 0 Å². The molecule has 0 atom stereocenters. The van der Waals surface area contributed by atoms with Crippen LogP contribution in [-0.2, 0) is 6.61 Å². The molecular weight excluding hydrogens is 441 g/mol. The van der Waals surface area contributed by atoms with Gasteiger partial charge in [-0.15, -0.1) is 0 Å². The van der Waals surface area contributed by atoms with Gasteiger partial charge < -0.3 is 9.47 Å². The van der Waals surface area contributed by atoms with Crippen LogP contribution < -0.4 is 9.47 Å². The van der Waals surface area contributed by atoms with Gasteiger partial charge in [-0.2, -0.15) is 0 Å². The Bertz CT molecular complexity index is 1140. The zero-order valence-corrected chi connectivity index (χ0v) is 17.9. The number of allylic oxidation sites excluding steroid dienone is 1. The molecule has 0 radical (unpaired) electrons. The zero-order valence-electron chi connectivity index (χ0n) is 16.4. The van der Waals surface area contributed by atoms with E-state index in [4.69, 9.17) is 32.7 Å². The van der Waals surface area contributed by atoms with Gasteiger partial charge in [-0.3, -0.25) is 14.9 Å². The zero-order chi connectivity index (χ0) is 22.4. The maximum Gasteiger partial charge on any atom is 0.269 e. The molecule has 0 aliphatic heterocycles. The summed E-state index contributed by atoms with van der Waals surface area (Å²) < 4.78 is 11.1. The van der Waals surface area contributed by atoms with Gasteiger partial charge in [0.15, 0.2) is 5.78 Å². The fraction of sp³-hybridized carbons (Fsp3) is 0.0870. The lowest BCUT2D eigenvalue weighted by Crippen LogP contribution is -2.00. The van der Waals surface area contributed by atoms with Crippen molar-refractivity contribution in [2.45, 2.75) is 6.61 Å². The van der Waals surface area contributed by atoms with Crippen LogP contribution in [0.1, 0.15) is 21.5 Å². The Hall–Kier alpha value is -3.35. The first kappa shape index (κ1) is 22.3. The van der Waals surface area contributed by atoms with Gasteiger partial charge in [-0.05, 0) is 54.1 Å². The first-order valence-electron chi connectivity index (χ1n) is 9.09. The van der Waals surface area contributed by atoms with Crippen LogP contribution in [0, 0.1) is 10.1 Å². The minimum absolute atomic E-state index is 0.0105. The molecule has 0 amide bonds. The molecule has 0 fully saturated rings. The summed E-state index contributed by atoms with van der Waals surface area (Å²) in [4.78, 5) is 22.7. The summed E-state index contributed by atoms with van der Waals surface area (Å²) in [6.07, 6.45) is 3.13. The third-order valence-electron chi connectivity index (χ3n) is 4.38. The SMILES string of the molecule is COc1ccc(/C=C/C(=O)c2ccc(Cl)c(Cl)c2)cc1COc1ccc([N+](=O)[O-])cc1. The standard InChI is InChI=1S/C23H17Cl2NO5/c1-30-23-11-3-15(2-10-22(27)16-4-9-20(24)21(25)13-16)12-17(23)14-31-19-7-5-18(6-8-19)26(28)29/h2-13H,14H2,1H3/b10-2+. The summed E-state index contributed by atoms with van der Waals surface area (Å²) in [6.45, 7) is 0.184. The van der Waals surface area contributed by atoms with Crippen LogP contribution in [0.5, 0.6) is 11.5 Å². The Kier molecular flexibility index (Phi) is 7.28. The Labute approximate surface area is 188 Å². The highest BCUT2D eigenvalue weighted by Gasteiger charge is 2.09. The quantitative estimate of drug-likeness (QED) is 0.169. The van der Waals surface area contributed by atoms with Gasteiger partial charge in [0.05, 0.1) is 22.1 Å². The van der Waals surface area contributed by atoms with E-state index in [1.807, 2.05) is 12.1 Å². The van der Waals surface area contributed by atoms with Crippen LogP contribution in [-0.4, -0.2) is 17.8 Å². The first-order valence-corrected chi connectivity index (χ1v) is 9.84. The molecule has 6 nitrogen and oxygen atoms in total. The monoisotopic (exact) mass is 457 g/mol. The number of ether oxygens (including phenoxy) is 2. The van der Waals surface area contributed by atoms with Gasteiger partial charge in [-0.25, -0.2) is 0 Å². The van der Waals surface area contributed by atoms with Crippen molar-refractivity contribution in [3.05, 3.63) is 104 Å². The summed E-state index contributed by atoms with van der Waals surface area (Å²) in [6, 6.07) is 15.9. The van der Waals surface area contributed by atoms with Gasteiger partial charge in [-0.1, -0.05) is 35.3 Å². The van der Waals surface area contributed by atoms with E-state index in [1.54, 1.807) is 31.4 Å². The van der Waals surface area contributed by atoms with E-state index in [2.05, 4.69) is 0 Å². The average molecular weight is 458 g/mol. The molecule has 0 aliphatic carbocycles. The van der Waals surface area contributed by atoms with Crippen LogP contribution in [0.15, 0.2) is 66.7 Å². The normalized spacial score (nSPS) is 10.8. The highest BCUT2D eigenvalue weighted by molar-refractivity contribution is 6.42. The van der Waals surface area contributed by atoms with Crippen LogP contribution in [0.25, 0.3) is 6.08 Å². The number of nitro benzene ring substituents is 1. The van der Waals surface area contributed by atoms with E-state index in [-0.39, 0.29) is 18.1 Å². The van der Waals surface area contributed by atoms with Crippen molar-refractivity contribution in [1.29, 1.82) is 0 Å². The van der Waals surface area contributed by atoms with Crippen LogP contribution in [0.3, 0.4) is 0 Å². The predicted octanol–water partition coefficient (Wildman–Crippen LogP) is 6.39. The summed E-state index contributed by atoms with van der Waals surface area (Å²) in [5, 5.41) is 11.4. The molecule has 0 unspecified atom stereocenters. The molecule has 0 spiro atoms. The van der Waals surface area contributed by atoms with E-state index >= 15 is 0 Å². The van der Waals surface area contributed by atoms with E-state index in [1.165, 1.54) is 36.4 Å². The topological polar surface area (TPSA) is 78.7 Å². The van der Waals surface area contributed by atoms with E-state index in [0.717, 1.165) is 11.1 Å². The molecular formula is C23H17Cl2NO5. The Morgan fingerprint density at radius 1 is 1.03 bits per heavy atom. The van der Waals surface area contributed by atoms with Crippen LogP contribution in [0.4, 0.5) is 5.69 Å². The Morgan fingerprint density at radius 2 is 1.77 bits per heavy atom. The van der Waals surface area contributed by atoms with Crippen molar-refractivity contribution in [3.8, 4) is 11.5 Å². The summed E-state index contributed by atoms with van der Waals surface area (Å²) >= 11 is 11.9. The highest BCUT2D eigenvalue weighted by Crippen LogP contribution is 2.25. The number of carbonyl (C=O) groups is 1. The molecule has 0 aromatic heterocycles. The highest BCUT2D eigenvalue weighted by atomic mass is 35.5. The number of hydrogen-bond acceptors (Lipinski definition) is 5. The van der Waals surface area contributed by atoms with E-state index in [9.17, 15) is 14.9 Å². The number of hydrogen-bond donors (Lipinski definition) is 0. The van der Waals surface area contributed by atoms with Crippen molar-refractivity contribution in [1.82, 2.24) is 0 Å². The molecule has 8 heteroatoms. The number of ketones is 1. The van der Waals surface area contributed by atoms with Gasteiger partial charge in [0.25, 0.3) is 5.69 Å². The van der Waals surface area contributed by atoms with Crippen molar-refractivity contribution in [2.24, 2.45) is 0 Å². The molecule has 0 N–H and O–H groups in total. The lowest BCUT2D eigenvalue weighted by atomic mass is 10.1. The third-order valence-corrected chi connectivity index (χ3v) is 5.12. The number of halogens is 2. The molecule has 0 saturated heterocycles. The number of rotatable bonds is 8. The van der Waals surface area contributed by atoms with Crippen molar-refractivity contribution in [2.75, 3.05) is 7.11 Å². The van der Waals surface area contributed by atoms with Crippen molar-refractivity contribution < 1.29 is 19.2 Å².